The van der Waals surface area contributed by atoms with Gasteiger partial charge in [0.1, 0.15) is 11.6 Å². The third-order valence-corrected chi connectivity index (χ3v) is 9.85. The normalized spacial score (nSPS) is 30.7. The van der Waals surface area contributed by atoms with E-state index in [1.54, 1.807) is 22.0 Å². The van der Waals surface area contributed by atoms with Crippen molar-refractivity contribution in [1.29, 1.82) is 0 Å². The van der Waals surface area contributed by atoms with Crippen molar-refractivity contribution in [2.45, 2.75) is 88.0 Å². The predicted molar refractivity (Wildman–Crippen MR) is 158 cm³/mol. The van der Waals surface area contributed by atoms with Crippen LogP contribution in [-0.2, 0) is 19.1 Å². The van der Waals surface area contributed by atoms with Crippen LogP contribution in [0.15, 0.2) is 55.6 Å². The number of benzene rings is 1. The molecule has 0 radical (unpaired) electrons. The fourth-order valence-corrected chi connectivity index (χ4v) is 8.05. The van der Waals surface area contributed by atoms with Gasteiger partial charge in [0.25, 0.3) is 0 Å². The van der Waals surface area contributed by atoms with Gasteiger partial charge in [0.2, 0.25) is 17.7 Å². The fourth-order valence-electron chi connectivity index (χ4n) is 8.05. The molecule has 4 fully saturated rings. The van der Waals surface area contributed by atoms with Crippen LogP contribution in [0.3, 0.4) is 0 Å². The zero-order chi connectivity index (χ0) is 29.2. The predicted octanol–water partition coefficient (Wildman–Crippen LogP) is 4.09. The molecule has 41 heavy (non-hydrogen) atoms. The highest BCUT2D eigenvalue weighted by molar-refractivity contribution is 6.03. The van der Waals surface area contributed by atoms with Crippen molar-refractivity contribution >= 4 is 23.4 Å². The van der Waals surface area contributed by atoms with Gasteiger partial charge in [0, 0.05) is 38.0 Å². The summed E-state index contributed by atoms with van der Waals surface area (Å²) in [6.07, 6.45) is 10.9. The lowest BCUT2D eigenvalue weighted by molar-refractivity contribution is -0.153. The van der Waals surface area contributed by atoms with Crippen molar-refractivity contribution in [3.8, 4) is 0 Å². The second kappa shape index (κ2) is 12.1. The molecule has 8 heteroatoms. The number of unbranched alkanes of at least 4 members (excludes halogenated alkanes) is 1. The van der Waals surface area contributed by atoms with E-state index in [-0.39, 0.29) is 30.4 Å². The Bertz CT molecular complexity index is 1150. The van der Waals surface area contributed by atoms with Gasteiger partial charge in [-0.3, -0.25) is 14.4 Å². The topological polar surface area (TPSA) is 90.4 Å². The van der Waals surface area contributed by atoms with E-state index in [9.17, 15) is 19.5 Å². The number of para-hydroxylation sites is 1. The molecule has 1 aromatic rings. The number of carbonyl (C=O) groups excluding carboxylic acids is 3. The number of carbonyl (C=O) groups is 3. The molecule has 3 heterocycles. The van der Waals surface area contributed by atoms with Gasteiger partial charge in [-0.15, -0.1) is 13.2 Å². The Morgan fingerprint density at radius 3 is 2.41 bits per heavy atom. The number of anilines is 1. The molecule has 222 valence electrons. The van der Waals surface area contributed by atoms with E-state index < -0.39 is 29.1 Å². The smallest absolute Gasteiger partial charge is 0.248 e. The number of hydrogen-bond acceptors (Lipinski definition) is 5. The van der Waals surface area contributed by atoms with Crippen LogP contribution in [0, 0.1) is 11.8 Å². The maximum Gasteiger partial charge on any atom is 0.248 e. The largest absolute Gasteiger partial charge is 0.396 e. The molecule has 0 aromatic heterocycles. The average molecular weight is 564 g/mol. The SMILES string of the molecule is C=CCN(C(=O)[C@@H]1[C@H]2C(=O)N(CCCCO)C(C(=O)N(CC=C)C3CCCCC3)C23CC[C@@]1(C)O3)c1ccccc1. The summed E-state index contributed by atoms with van der Waals surface area (Å²) in [5.41, 5.74) is -1.17. The molecule has 1 aliphatic carbocycles. The lowest BCUT2D eigenvalue weighted by atomic mass is 9.66. The van der Waals surface area contributed by atoms with Gasteiger partial charge in [-0.25, -0.2) is 0 Å². The molecule has 1 saturated carbocycles. The summed E-state index contributed by atoms with van der Waals surface area (Å²) in [7, 11) is 0. The van der Waals surface area contributed by atoms with Crippen LogP contribution in [-0.4, -0.2) is 82.2 Å². The van der Waals surface area contributed by atoms with Crippen LogP contribution in [0.5, 0.6) is 0 Å². The molecular formula is C33H45N3O5. The van der Waals surface area contributed by atoms with Crippen LogP contribution in [0.4, 0.5) is 5.69 Å². The molecule has 1 N–H and O–H groups in total. The number of amides is 3. The highest BCUT2D eigenvalue weighted by Gasteiger charge is 2.78. The first-order valence-corrected chi connectivity index (χ1v) is 15.3. The number of hydrogen-bond donors (Lipinski definition) is 1. The third-order valence-electron chi connectivity index (χ3n) is 9.85. The monoisotopic (exact) mass is 563 g/mol. The molecule has 1 spiro atoms. The first-order valence-electron chi connectivity index (χ1n) is 15.3. The number of aliphatic hydroxyl groups is 1. The Morgan fingerprint density at radius 1 is 1.05 bits per heavy atom. The van der Waals surface area contributed by atoms with E-state index in [0.717, 1.165) is 31.4 Å². The summed E-state index contributed by atoms with van der Waals surface area (Å²) in [6.45, 7) is 10.8. The zero-order valence-corrected chi connectivity index (χ0v) is 24.4. The van der Waals surface area contributed by atoms with E-state index in [1.165, 1.54) is 6.42 Å². The number of fused-ring (bicyclic) bond motifs is 1. The number of likely N-dealkylation sites (tertiary alicyclic amines) is 1. The lowest BCUT2D eigenvalue weighted by Gasteiger charge is -2.40. The van der Waals surface area contributed by atoms with Crippen molar-refractivity contribution in [3.05, 3.63) is 55.6 Å². The molecule has 3 saturated heterocycles. The molecule has 5 atom stereocenters. The highest BCUT2D eigenvalue weighted by Crippen LogP contribution is 2.63. The van der Waals surface area contributed by atoms with Crippen molar-refractivity contribution in [2.24, 2.45) is 11.8 Å². The van der Waals surface area contributed by atoms with Gasteiger partial charge in [0.05, 0.1) is 17.4 Å². The van der Waals surface area contributed by atoms with E-state index in [0.29, 0.717) is 45.3 Å². The third kappa shape index (κ3) is 5.03. The summed E-state index contributed by atoms with van der Waals surface area (Å²) in [5, 5.41) is 9.47. The van der Waals surface area contributed by atoms with Gasteiger partial charge in [-0.05, 0) is 57.6 Å². The standard InChI is InChI=1S/C33H45N3O5/c1-4-20-34(24-14-8-6-9-15-24)29(38)26-27-30(39)36(22-12-13-23-37)28(33(27)19-18-32(26,3)41-33)31(40)35(21-5-2)25-16-10-7-11-17-25/h4-6,8-9,14-15,25-28,37H,1-2,7,10-13,16-23H2,3H3/t26-,27-,28?,32+,33?/m0/s1. The Labute approximate surface area is 244 Å². The van der Waals surface area contributed by atoms with Crippen molar-refractivity contribution in [3.63, 3.8) is 0 Å². The van der Waals surface area contributed by atoms with E-state index in [4.69, 9.17) is 4.74 Å². The van der Waals surface area contributed by atoms with Crippen molar-refractivity contribution < 1.29 is 24.2 Å². The van der Waals surface area contributed by atoms with Gasteiger partial charge >= 0.3 is 0 Å². The Hall–Kier alpha value is -2.97. The van der Waals surface area contributed by atoms with Crippen LogP contribution in [0.2, 0.25) is 0 Å². The molecule has 2 bridgehead atoms. The molecule has 3 aliphatic heterocycles. The number of rotatable bonds is 12. The van der Waals surface area contributed by atoms with Crippen molar-refractivity contribution in [2.75, 3.05) is 31.1 Å². The fraction of sp³-hybridized carbons (Fsp3) is 0.606. The maximum atomic E-state index is 14.6. The number of aliphatic hydroxyl groups excluding tert-OH is 1. The van der Waals surface area contributed by atoms with Gasteiger partial charge in [-0.1, -0.05) is 49.6 Å². The molecule has 3 amide bonds. The summed E-state index contributed by atoms with van der Waals surface area (Å²) in [6, 6.07) is 8.74. The maximum absolute atomic E-state index is 14.6. The summed E-state index contributed by atoms with van der Waals surface area (Å²) >= 11 is 0. The van der Waals surface area contributed by atoms with Crippen LogP contribution in [0.1, 0.15) is 64.7 Å². The zero-order valence-electron chi connectivity index (χ0n) is 24.4. The lowest BCUT2D eigenvalue weighted by Crippen LogP contribution is -2.58. The van der Waals surface area contributed by atoms with Crippen LogP contribution >= 0.6 is 0 Å². The first-order chi connectivity index (χ1) is 19.8. The summed E-state index contributed by atoms with van der Waals surface area (Å²) < 4.78 is 6.87. The van der Waals surface area contributed by atoms with Crippen LogP contribution in [0.25, 0.3) is 0 Å². The van der Waals surface area contributed by atoms with Crippen molar-refractivity contribution in [1.82, 2.24) is 9.80 Å². The first kappa shape index (κ1) is 29.5. The molecule has 1 aromatic carbocycles. The van der Waals surface area contributed by atoms with Gasteiger partial charge < -0.3 is 24.5 Å². The van der Waals surface area contributed by atoms with E-state index >= 15 is 0 Å². The molecule has 2 unspecified atom stereocenters. The molecule has 4 aliphatic rings. The summed E-state index contributed by atoms with van der Waals surface area (Å²) in [5.74, 6) is -1.91. The second-order valence-electron chi connectivity index (χ2n) is 12.3. The minimum Gasteiger partial charge on any atom is -0.396 e. The van der Waals surface area contributed by atoms with Gasteiger partial charge in [-0.2, -0.15) is 0 Å². The minimum absolute atomic E-state index is 0.0170. The second-order valence-corrected chi connectivity index (χ2v) is 12.3. The number of ether oxygens (including phenoxy) is 1. The average Bonchev–Trinajstić information content (AvgIpc) is 3.55. The Morgan fingerprint density at radius 2 is 1.76 bits per heavy atom. The van der Waals surface area contributed by atoms with E-state index in [1.807, 2.05) is 42.2 Å². The number of nitrogens with zero attached hydrogens (tertiary/aromatic N) is 3. The highest BCUT2D eigenvalue weighted by atomic mass is 16.5. The van der Waals surface area contributed by atoms with Crippen LogP contribution < -0.4 is 4.90 Å². The minimum atomic E-state index is -1.06. The molecule has 8 nitrogen and oxygen atoms in total. The summed E-state index contributed by atoms with van der Waals surface area (Å²) in [4.78, 5) is 48.8. The Kier molecular flexibility index (Phi) is 8.71. The molecular weight excluding hydrogens is 518 g/mol. The molecule has 5 rings (SSSR count). The van der Waals surface area contributed by atoms with E-state index in [2.05, 4.69) is 13.2 Å². The quantitative estimate of drug-likeness (QED) is 0.306. The van der Waals surface area contributed by atoms with Gasteiger partial charge in [0.15, 0.2) is 0 Å². The Balaban J connectivity index is 1.54.